The average molecular weight is 381 g/mol. The van der Waals surface area contributed by atoms with Crippen LogP contribution in [0.2, 0.25) is 0 Å². The number of ketones is 1. The molecule has 2 rings (SSSR count). The lowest BCUT2D eigenvalue weighted by Crippen LogP contribution is -2.19. The molecule has 0 aliphatic rings. The number of ether oxygens (including phenoxy) is 2. The molecule has 23 heavy (non-hydrogen) atoms. The van der Waals surface area contributed by atoms with Gasteiger partial charge in [0, 0.05) is 5.56 Å². The number of alkyl halides is 1. The summed E-state index contributed by atoms with van der Waals surface area (Å²) in [6.45, 7) is 1.26. The molecule has 1 unspecified atom stereocenters. The summed E-state index contributed by atoms with van der Waals surface area (Å²) in [5, 5.41) is 0. The molecule has 1 atom stereocenters. The fraction of sp³-hybridized carbons (Fsp3) is 0.188. The number of hydrogen-bond acceptors (Lipinski definition) is 6. The third-order valence-electron chi connectivity index (χ3n) is 2.78. The van der Waals surface area contributed by atoms with Crippen molar-refractivity contribution in [3.8, 4) is 5.75 Å². The van der Waals surface area contributed by atoms with E-state index in [1.54, 1.807) is 13.0 Å². The summed E-state index contributed by atoms with van der Waals surface area (Å²) < 4.78 is 14.8. The first-order valence-electron chi connectivity index (χ1n) is 6.67. The van der Waals surface area contributed by atoms with E-state index < -0.39 is 16.8 Å². The summed E-state index contributed by atoms with van der Waals surface area (Å²) in [5.74, 6) is -1.14. The van der Waals surface area contributed by atoms with Gasteiger partial charge in [-0.05, 0) is 43.3 Å². The van der Waals surface area contributed by atoms with Crippen molar-refractivity contribution in [2.75, 3.05) is 6.61 Å². The summed E-state index contributed by atoms with van der Waals surface area (Å²) >= 11 is 3.05. The lowest BCUT2D eigenvalue weighted by molar-refractivity contribution is -0.141. The highest BCUT2D eigenvalue weighted by molar-refractivity contribution is 9.10. The van der Waals surface area contributed by atoms with Crippen LogP contribution < -0.4 is 4.74 Å². The van der Waals surface area contributed by atoms with Crippen LogP contribution in [0.25, 0.3) is 0 Å². The highest BCUT2D eigenvalue weighted by Gasteiger charge is 2.15. The van der Waals surface area contributed by atoms with Crippen LogP contribution in [0.3, 0.4) is 0 Å². The molecule has 0 saturated heterocycles. The first-order chi connectivity index (χ1) is 11.0. The number of halogens is 1. The van der Waals surface area contributed by atoms with Crippen molar-refractivity contribution in [1.29, 1.82) is 0 Å². The maximum Gasteiger partial charge on any atom is 0.379 e. The SMILES string of the molecule is CC(Br)C(=O)OCC(=O)c1ccc(OC(=O)c2ccco2)cc1. The molecule has 0 fully saturated rings. The van der Waals surface area contributed by atoms with Crippen molar-refractivity contribution >= 4 is 33.7 Å². The molecule has 1 aromatic carbocycles. The predicted octanol–water partition coefficient (Wildman–Crippen LogP) is 3.01. The van der Waals surface area contributed by atoms with Crippen LogP contribution in [0.1, 0.15) is 27.8 Å². The zero-order valence-electron chi connectivity index (χ0n) is 12.2. The standard InChI is InChI=1S/C16H13BrO6/c1-10(17)15(19)22-9-13(18)11-4-6-12(7-5-11)23-16(20)14-3-2-8-21-14/h2-8,10H,9H2,1H3. The molecule has 2 aromatic rings. The lowest BCUT2D eigenvalue weighted by atomic mass is 10.1. The molecule has 0 radical (unpaired) electrons. The molecule has 120 valence electrons. The molecule has 0 bridgehead atoms. The second-order valence-corrected chi connectivity index (χ2v) is 5.91. The fourth-order valence-electron chi connectivity index (χ4n) is 1.60. The quantitative estimate of drug-likeness (QED) is 0.331. The van der Waals surface area contributed by atoms with Crippen LogP contribution in [0.5, 0.6) is 5.75 Å². The van der Waals surface area contributed by atoms with Crippen molar-refractivity contribution in [1.82, 2.24) is 0 Å². The highest BCUT2D eigenvalue weighted by atomic mass is 79.9. The molecule has 1 heterocycles. The van der Waals surface area contributed by atoms with E-state index in [0.29, 0.717) is 5.56 Å². The Morgan fingerprint density at radius 2 is 1.87 bits per heavy atom. The maximum absolute atomic E-state index is 11.9. The predicted molar refractivity (Wildman–Crippen MR) is 83.8 cm³/mol. The second-order valence-electron chi connectivity index (χ2n) is 4.54. The number of carbonyl (C=O) groups excluding carboxylic acids is 3. The first-order valence-corrected chi connectivity index (χ1v) is 7.58. The molecule has 0 N–H and O–H groups in total. The number of esters is 2. The third kappa shape index (κ3) is 4.79. The van der Waals surface area contributed by atoms with E-state index in [1.165, 1.54) is 36.6 Å². The Kier molecular flexibility index (Phi) is 5.70. The van der Waals surface area contributed by atoms with E-state index in [1.807, 2.05) is 0 Å². The van der Waals surface area contributed by atoms with E-state index in [0.717, 1.165) is 0 Å². The van der Waals surface area contributed by atoms with Gasteiger partial charge in [-0.1, -0.05) is 15.9 Å². The average Bonchev–Trinajstić information content (AvgIpc) is 3.07. The summed E-state index contributed by atoms with van der Waals surface area (Å²) in [4.78, 5) is 34.4. The fourth-order valence-corrected chi connectivity index (χ4v) is 1.73. The van der Waals surface area contributed by atoms with Gasteiger partial charge in [-0.25, -0.2) is 4.79 Å². The Labute approximate surface area is 140 Å². The summed E-state index contributed by atoms with van der Waals surface area (Å²) in [5.41, 5.74) is 0.345. The lowest BCUT2D eigenvalue weighted by Gasteiger charge is -2.06. The van der Waals surface area contributed by atoms with Gasteiger partial charge in [0.1, 0.15) is 10.6 Å². The van der Waals surface area contributed by atoms with Gasteiger partial charge in [0.05, 0.1) is 6.26 Å². The Morgan fingerprint density at radius 1 is 1.17 bits per heavy atom. The van der Waals surface area contributed by atoms with Gasteiger partial charge in [-0.2, -0.15) is 0 Å². The van der Waals surface area contributed by atoms with Crippen LogP contribution in [0, 0.1) is 0 Å². The smallest absolute Gasteiger partial charge is 0.379 e. The topological polar surface area (TPSA) is 82.8 Å². The van der Waals surface area contributed by atoms with Crippen LogP contribution in [-0.2, 0) is 9.53 Å². The normalized spacial score (nSPS) is 11.6. The van der Waals surface area contributed by atoms with E-state index in [4.69, 9.17) is 13.9 Å². The van der Waals surface area contributed by atoms with Gasteiger partial charge >= 0.3 is 11.9 Å². The van der Waals surface area contributed by atoms with Gasteiger partial charge in [0.15, 0.2) is 12.4 Å². The zero-order chi connectivity index (χ0) is 16.8. The molecule has 0 aliphatic heterocycles. The van der Waals surface area contributed by atoms with Gasteiger partial charge in [-0.3, -0.25) is 9.59 Å². The van der Waals surface area contributed by atoms with Crippen molar-refractivity contribution < 1.29 is 28.3 Å². The summed E-state index contributed by atoms with van der Waals surface area (Å²) in [6.07, 6.45) is 1.37. The number of Topliss-reactive ketones (excluding diaryl/α,β-unsaturated/α-hetero) is 1. The monoisotopic (exact) mass is 380 g/mol. The second kappa shape index (κ2) is 7.73. The Morgan fingerprint density at radius 3 is 2.43 bits per heavy atom. The minimum atomic E-state index is -0.630. The molecular formula is C16H13BrO6. The zero-order valence-corrected chi connectivity index (χ0v) is 13.7. The molecule has 0 saturated carbocycles. The number of rotatable bonds is 6. The van der Waals surface area contributed by atoms with Gasteiger partial charge < -0.3 is 13.9 Å². The molecule has 7 heteroatoms. The van der Waals surface area contributed by atoms with E-state index in [2.05, 4.69) is 15.9 Å². The molecule has 0 spiro atoms. The van der Waals surface area contributed by atoms with Crippen LogP contribution in [-0.4, -0.2) is 29.2 Å². The Bertz CT molecular complexity index is 688. The first kappa shape index (κ1) is 17.0. The summed E-state index contributed by atoms with van der Waals surface area (Å²) in [6, 6.07) is 8.98. The number of carbonyl (C=O) groups is 3. The van der Waals surface area contributed by atoms with Gasteiger partial charge in [-0.15, -0.1) is 0 Å². The minimum absolute atomic E-state index is 0.0842. The molecular weight excluding hydrogens is 368 g/mol. The van der Waals surface area contributed by atoms with Crippen LogP contribution >= 0.6 is 15.9 Å². The third-order valence-corrected chi connectivity index (χ3v) is 3.15. The van der Waals surface area contributed by atoms with Crippen molar-refractivity contribution in [3.63, 3.8) is 0 Å². The van der Waals surface area contributed by atoms with E-state index in [9.17, 15) is 14.4 Å². The van der Waals surface area contributed by atoms with Gasteiger partial charge in [0.25, 0.3) is 0 Å². The molecule has 0 aliphatic carbocycles. The largest absolute Gasteiger partial charge is 0.457 e. The Balaban J connectivity index is 1.92. The number of furan rings is 1. The van der Waals surface area contributed by atoms with Crippen molar-refractivity contribution in [3.05, 3.63) is 54.0 Å². The molecule has 0 amide bonds. The van der Waals surface area contributed by atoms with Crippen LogP contribution in [0.4, 0.5) is 0 Å². The Hall–Kier alpha value is -2.41. The van der Waals surface area contributed by atoms with Crippen molar-refractivity contribution in [2.24, 2.45) is 0 Å². The highest BCUT2D eigenvalue weighted by Crippen LogP contribution is 2.15. The molecule has 6 nitrogen and oxygen atoms in total. The van der Waals surface area contributed by atoms with E-state index >= 15 is 0 Å². The van der Waals surface area contributed by atoms with Crippen LogP contribution in [0.15, 0.2) is 47.1 Å². The number of benzene rings is 1. The number of hydrogen-bond donors (Lipinski definition) is 0. The maximum atomic E-state index is 11.9. The van der Waals surface area contributed by atoms with Gasteiger partial charge in [0.2, 0.25) is 5.76 Å². The van der Waals surface area contributed by atoms with Crippen molar-refractivity contribution in [2.45, 2.75) is 11.8 Å². The van der Waals surface area contributed by atoms with E-state index in [-0.39, 0.29) is 23.9 Å². The molecule has 1 aromatic heterocycles. The summed E-state index contributed by atoms with van der Waals surface area (Å²) in [7, 11) is 0. The minimum Gasteiger partial charge on any atom is -0.457 e.